The molecule has 2 aliphatic heterocycles. The molecule has 0 aliphatic carbocycles. The molecule has 2 heteroatoms. The van der Waals surface area contributed by atoms with E-state index >= 15 is 0 Å². The number of hydrogen-bond donors (Lipinski definition) is 0. The van der Waals surface area contributed by atoms with Gasteiger partial charge in [0.1, 0.15) is 0 Å². The molecule has 2 heterocycles. The number of nitrogens with zero attached hydrogens (tertiary/aromatic N) is 1. The minimum atomic E-state index is 0.312. The van der Waals surface area contributed by atoms with Crippen molar-refractivity contribution in [2.24, 2.45) is 0 Å². The van der Waals surface area contributed by atoms with Crippen molar-refractivity contribution >= 4 is 22.0 Å². The van der Waals surface area contributed by atoms with E-state index in [1.54, 1.807) is 0 Å². The molecule has 0 spiro atoms. The van der Waals surface area contributed by atoms with Gasteiger partial charge in [-0.05, 0) is 34.4 Å². The molecule has 19 heavy (non-hydrogen) atoms. The third-order valence-electron chi connectivity index (χ3n) is 4.12. The van der Waals surface area contributed by atoms with E-state index in [2.05, 4.69) is 53.2 Å². The van der Waals surface area contributed by atoms with Gasteiger partial charge < -0.3 is 4.90 Å². The third kappa shape index (κ3) is 1.91. The van der Waals surface area contributed by atoms with Gasteiger partial charge in [-0.3, -0.25) is 0 Å². The van der Waals surface area contributed by atoms with E-state index in [0.29, 0.717) is 10.5 Å². The molecule has 96 valence electrons. The first-order valence-electron chi connectivity index (χ1n) is 6.70. The summed E-state index contributed by atoms with van der Waals surface area (Å²) in [5.41, 5.74) is 7.35. The largest absolute Gasteiger partial charge is 0.363 e. The van der Waals surface area contributed by atoms with Crippen LogP contribution in [0.5, 0.6) is 0 Å². The number of fused-ring (bicyclic) bond motifs is 2. The topological polar surface area (TPSA) is 3.24 Å². The first-order valence-corrected chi connectivity index (χ1v) is 8.43. The molecule has 0 saturated heterocycles. The Labute approximate surface area is 116 Å². The van der Waals surface area contributed by atoms with Gasteiger partial charge in [-0.25, -0.2) is 0 Å². The molecular formula is C17H17NS. The van der Waals surface area contributed by atoms with Crippen molar-refractivity contribution in [1.29, 1.82) is 0 Å². The van der Waals surface area contributed by atoms with Gasteiger partial charge in [0, 0.05) is 30.3 Å². The van der Waals surface area contributed by atoms with Crippen LogP contribution >= 0.6 is 10.5 Å². The maximum Gasteiger partial charge on any atom is 0.0436 e. The summed E-state index contributed by atoms with van der Waals surface area (Å²) in [6.45, 7) is 2.09. The maximum atomic E-state index is 4.23. The normalized spacial score (nSPS) is 20.4. The third-order valence-corrected chi connectivity index (χ3v) is 5.55. The van der Waals surface area contributed by atoms with Crippen molar-refractivity contribution in [1.82, 2.24) is 0 Å². The summed E-state index contributed by atoms with van der Waals surface area (Å²) in [5.74, 6) is 6.57. The summed E-state index contributed by atoms with van der Waals surface area (Å²) in [4.78, 5) is 2.48. The van der Waals surface area contributed by atoms with Crippen LogP contribution in [0.3, 0.4) is 0 Å². The molecule has 0 radical (unpaired) electrons. The van der Waals surface area contributed by atoms with Gasteiger partial charge in [-0.15, -0.1) is 0 Å². The van der Waals surface area contributed by atoms with Gasteiger partial charge >= 0.3 is 0 Å². The van der Waals surface area contributed by atoms with Crippen LogP contribution in [0.15, 0.2) is 42.5 Å². The average Bonchev–Trinajstić information content (AvgIpc) is 2.99. The predicted molar refractivity (Wildman–Crippen MR) is 84.9 cm³/mol. The quantitative estimate of drug-likeness (QED) is 0.708. The summed E-state index contributed by atoms with van der Waals surface area (Å²) in [7, 11) is 0.312. The lowest BCUT2D eigenvalue weighted by Crippen LogP contribution is -2.14. The van der Waals surface area contributed by atoms with Gasteiger partial charge in [0.25, 0.3) is 0 Å². The predicted octanol–water partition coefficient (Wildman–Crippen LogP) is 3.92. The fraction of sp³-hybridized carbons (Fsp3) is 0.235. The van der Waals surface area contributed by atoms with Crippen molar-refractivity contribution in [2.45, 2.75) is 24.6 Å². The zero-order chi connectivity index (χ0) is 12.8. The van der Waals surface area contributed by atoms with E-state index in [9.17, 15) is 0 Å². The molecule has 0 fully saturated rings. The number of anilines is 1. The highest BCUT2D eigenvalue weighted by Gasteiger charge is 2.20. The Balaban J connectivity index is 1.66. The summed E-state index contributed by atoms with van der Waals surface area (Å²) >= 11 is 0. The fourth-order valence-electron chi connectivity index (χ4n) is 3.09. The van der Waals surface area contributed by atoms with Crippen LogP contribution in [0.1, 0.15) is 22.3 Å². The summed E-state index contributed by atoms with van der Waals surface area (Å²) in [5, 5.41) is 0. The summed E-state index contributed by atoms with van der Waals surface area (Å²) < 4.78 is 0. The lowest BCUT2D eigenvalue weighted by molar-refractivity contribution is 0.879. The summed E-state index contributed by atoms with van der Waals surface area (Å²) in [6.07, 6.45) is 0. The van der Waals surface area contributed by atoms with Crippen LogP contribution in [-0.4, -0.2) is 5.87 Å². The van der Waals surface area contributed by atoms with Crippen molar-refractivity contribution in [3.63, 3.8) is 0 Å². The Morgan fingerprint density at radius 2 is 1.53 bits per heavy atom. The van der Waals surface area contributed by atoms with E-state index in [-0.39, 0.29) is 0 Å². The molecule has 2 aromatic rings. The first-order chi connectivity index (χ1) is 9.29. The minimum Gasteiger partial charge on any atom is -0.363 e. The minimum absolute atomic E-state index is 0.312. The maximum absolute atomic E-state index is 4.23. The van der Waals surface area contributed by atoms with E-state index in [1.807, 2.05) is 0 Å². The van der Waals surface area contributed by atoms with Gasteiger partial charge in [0.15, 0.2) is 0 Å². The molecule has 1 nitrogen and oxygen atoms in total. The highest BCUT2D eigenvalue weighted by atomic mass is 32.2. The molecule has 4 rings (SSSR count). The second-order valence-electron chi connectivity index (χ2n) is 5.48. The summed E-state index contributed by atoms with van der Waals surface area (Å²) in [6, 6.07) is 15.8. The molecule has 2 aromatic carbocycles. The first kappa shape index (κ1) is 11.3. The Morgan fingerprint density at radius 3 is 2.26 bits per heavy atom. The zero-order valence-electron chi connectivity index (χ0n) is 10.9. The molecule has 0 N–H and O–H groups in total. The van der Waals surface area contributed by atoms with E-state index in [1.165, 1.54) is 39.4 Å². The van der Waals surface area contributed by atoms with Gasteiger partial charge in [-0.1, -0.05) is 36.2 Å². The Bertz CT molecular complexity index is 650. The lowest BCUT2D eigenvalue weighted by Gasteiger charge is -2.18. The smallest absolute Gasteiger partial charge is 0.0436 e. The second-order valence-corrected chi connectivity index (χ2v) is 7.28. The molecule has 1 unspecified atom stereocenters. The molecule has 2 aliphatic rings. The van der Waals surface area contributed by atoms with Crippen LogP contribution < -0.4 is 4.90 Å². The molecule has 0 aromatic heterocycles. The monoisotopic (exact) mass is 267 g/mol. The van der Waals surface area contributed by atoms with Crippen molar-refractivity contribution in [3.05, 3.63) is 64.7 Å². The number of rotatable bonds is 1. The lowest BCUT2D eigenvalue weighted by atomic mass is 10.1. The van der Waals surface area contributed by atoms with Gasteiger partial charge in [0.05, 0.1) is 0 Å². The van der Waals surface area contributed by atoms with Crippen LogP contribution in [0.2, 0.25) is 0 Å². The zero-order valence-corrected chi connectivity index (χ0v) is 11.7. The standard InChI is InChI=1S/C17H17NS/c1-19-11-15-6-7-17(8-16(15)12-19)18-9-13-4-2-3-5-14(13)10-18/h2-8H,1,9-12H2. The fourth-order valence-corrected chi connectivity index (χ4v) is 4.62. The Kier molecular flexibility index (Phi) is 2.52. The molecule has 0 amide bonds. The van der Waals surface area contributed by atoms with Crippen LogP contribution in [0.4, 0.5) is 5.69 Å². The Morgan fingerprint density at radius 1 is 0.842 bits per heavy atom. The number of benzene rings is 2. The molecule has 1 atom stereocenters. The van der Waals surface area contributed by atoms with Crippen LogP contribution in [0.25, 0.3) is 0 Å². The van der Waals surface area contributed by atoms with Crippen molar-refractivity contribution in [2.75, 3.05) is 4.90 Å². The van der Waals surface area contributed by atoms with Crippen molar-refractivity contribution < 1.29 is 0 Å². The van der Waals surface area contributed by atoms with Gasteiger partial charge in [-0.2, -0.15) is 10.5 Å². The highest BCUT2D eigenvalue weighted by molar-refractivity contribution is 8.12. The van der Waals surface area contributed by atoms with Crippen molar-refractivity contribution in [3.8, 4) is 0 Å². The second kappa shape index (κ2) is 4.24. The van der Waals surface area contributed by atoms with Crippen LogP contribution in [-0.2, 0) is 24.6 Å². The highest BCUT2D eigenvalue weighted by Crippen LogP contribution is 2.37. The van der Waals surface area contributed by atoms with Crippen LogP contribution in [0, 0.1) is 0 Å². The molecule has 0 saturated carbocycles. The van der Waals surface area contributed by atoms with E-state index in [0.717, 1.165) is 13.1 Å². The van der Waals surface area contributed by atoms with E-state index in [4.69, 9.17) is 0 Å². The van der Waals surface area contributed by atoms with E-state index < -0.39 is 0 Å². The average molecular weight is 267 g/mol. The van der Waals surface area contributed by atoms with Gasteiger partial charge in [0.2, 0.25) is 0 Å². The molecule has 0 bridgehead atoms. The SMILES string of the molecule is C=S1Cc2ccc(N3Cc4ccccc4C3)cc2C1. The Hall–Kier alpha value is -1.54. The number of hydrogen-bond acceptors (Lipinski definition) is 1. The molecular weight excluding hydrogens is 250 g/mol.